The Labute approximate surface area is 123 Å². The molecule has 1 aromatic rings. The third kappa shape index (κ3) is 4.02. The molecule has 1 atom stereocenters. The minimum Gasteiger partial charge on any atom is -0.455 e. The Morgan fingerprint density at radius 2 is 2.05 bits per heavy atom. The number of ether oxygens (including phenoxy) is 1. The van der Waals surface area contributed by atoms with Crippen molar-refractivity contribution in [3.05, 3.63) is 64.2 Å². The lowest BCUT2D eigenvalue weighted by Crippen LogP contribution is -2.16. The molecule has 0 spiro atoms. The molecule has 0 aromatic heterocycles. The fraction of sp³-hybridized carbons (Fsp3) is 0.312. The van der Waals surface area contributed by atoms with Gasteiger partial charge in [0.15, 0.2) is 0 Å². The third-order valence-electron chi connectivity index (χ3n) is 3.44. The van der Waals surface area contributed by atoms with Gasteiger partial charge in [0.1, 0.15) is 6.10 Å². The largest absolute Gasteiger partial charge is 0.455 e. The number of esters is 1. The molecule has 0 N–H and O–H groups in total. The van der Waals surface area contributed by atoms with E-state index in [0.717, 1.165) is 31.3 Å². The molecule has 2 rings (SSSR count). The van der Waals surface area contributed by atoms with Gasteiger partial charge < -0.3 is 4.74 Å². The normalized spacial score (nSPS) is 18.3. The summed E-state index contributed by atoms with van der Waals surface area (Å²) in [6.07, 6.45) is 7.25. The highest BCUT2D eigenvalue weighted by atomic mass is 16.6. The van der Waals surface area contributed by atoms with Crippen LogP contribution in [0.4, 0.5) is 5.69 Å². The van der Waals surface area contributed by atoms with E-state index < -0.39 is 10.9 Å². The summed E-state index contributed by atoms with van der Waals surface area (Å²) >= 11 is 0. The van der Waals surface area contributed by atoms with Gasteiger partial charge in [-0.05, 0) is 49.5 Å². The van der Waals surface area contributed by atoms with Crippen molar-refractivity contribution in [3.8, 4) is 0 Å². The number of hydrogen-bond donors (Lipinski definition) is 0. The zero-order valence-electron chi connectivity index (χ0n) is 11.7. The summed E-state index contributed by atoms with van der Waals surface area (Å²) in [6.45, 7) is 3.75. The second-order valence-electron chi connectivity index (χ2n) is 4.94. The average Bonchev–Trinajstić information content (AvgIpc) is 2.72. The minimum atomic E-state index is -0.500. The highest BCUT2D eigenvalue weighted by Crippen LogP contribution is 2.21. The summed E-state index contributed by atoms with van der Waals surface area (Å²) in [5, 5.41) is 10.6. The van der Waals surface area contributed by atoms with E-state index in [1.54, 1.807) is 6.08 Å². The standard InChI is InChI=1S/C16H17NO4/c1-2-12-5-3-4-6-15(11-12)21-16(18)13-7-9-14(10-8-13)17(19)20/h2,7-11,15H,1,3-6H2/t15-/m0/s1. The highest BCUT2D eigenvalue weighted by Gasteiger charge is 2.17. The van der Waals surface area contributed by atoms with E-state index in [9.17, 15) is 14.9 Å². The number of nitrogens with zero attached hydrogens (tertiary/aromatic N) is 1. The topological polar surface area (TPSA) is 69.4 Å². The lowest BCUT2D eigenvalue weighted by molar-refractivity contribution is -0.384. The van der Waals surface area contributed by atoms with Crippen LogP contribution in [0.5, 0.6) is 0 Å². The van der Waals surface area contributed by atoms with E-state index in [-0.39, 0.29) is 11.8 Å². The van der Waals surface area contributed by atoms with Crippen LogP contribution >= 0.6 is 0 Å². The van der Waals surface area contributed by atoms with E-state index in [4.69, 9.17) is 4.74 Å². The van der Waals surface area contributed by atoms with E-state index in [1.165, 1.54) is 24.3 Å². The fourth-order valence-electron chi connectivity index (χ4n) is 2.27. The number of allylic oxidation sites excluding steroid dienone is 2. The predicted octanol–water partition coefficient (Wildman–Crippen LogP) is 3.81. The molecule has 1 aliphatic carbocycles. The van der Waals surface area contributed by atoms with E-state index in [2.05, 4.69) is 6.58 Å². The molecule has 110 valence electrons. The summed E-state index contributed by atoms with van der Waals surface area (Å²) in [4.78, 5) is 22.1. The van der Waals surface area contributed by atoms with Crippen molar-refractivity contribution in [2.75, 3.05) is 0 Å². The number of nitro benzene ring substituents is 1. The summed E-state index contributed by atoms with van der Waals surface area (Å²) in [5.41, 5.74) is 1.36. The molecule has 0 saturated carbocycles. The predicted molar refractivity (Wildman–Crippen MR) is 79.0 cm³/mol. The van der Waals surface area contributed by atoms with Gasteiger partial charge in [-0.3, -0.25) is 10.1 Å². The van der Waals surface area contributed by atoms with Crippen molar-refractivity contribution in [3.63, 3.8) is 0 Å². The van der Waals surface area contributed by atoms with Gasteiger partial charge in [0.2, 0.25) is 0 Å². The fourth-order valence-corrected chi connectivity index (χ4v) is 2.27. The van der Waals surface area contributed by atoms with Crippen molar-refractivity contribution in [1.82, 2.24) is 0 Å². The number of benzene rings is 1. The monoisotopic (exact) mass is 287 g/mol. The molecular formula is C16H17NO4. The van der Waals surface area contributed by atoms with Crippen LogP contribution in [0.2, 0.25) is 0 Å². The summed E-state index contributed by atoms with van der Waals surface area (Å²) < 4.78 is 5.46. The number of nitro groups is 1. The van der Waals surface area contributed by atoms with Crippen LogP contribution in [0.3, 0.4) is 0 Å². The molecule has 0 saturated heterocycles. The Kier molecular flexibility index (Phi) is 4.87. The molecule has 1 aliphatic rings. The van der Waals surface area contributed by atoms with Gasteiger partial charge in [0.05, 0.1) is 10.5 Å². The minimum absolute atomic E-state index is 0.0464. The lowest BCUT2D eigenvalue weighted by atomic mass is 10.1. The first-order chi connectivity index (χ1) is 10.1. The van der Waals surface area contributed by atoms with Gasteiger partial charge in [-0.2, -0.15) is 0 Å². The van der Waals surface area contributed by atoms with Crippen LogP contribution in [0.25, 0.3) is 0 Å². The zero-order chi connectivity index (χ0) is 15.2. The van der Waals surface area contributed by atoms with Gasteiger partial charge in [0.25, 0.3) is 5.69 Å². The first-order valence-electron chi connectivity index (χ1n) is 6.88. The first-order valence-corrected chi connectivity index (χ1v) is 6.88. The van der Waals surface area contributed by atoms with Crippen molar-refractivity contribution in [1.29, 1.82) is 0 Å². The zero-order valence-corrected chi connectivity index (χ0v) is 11.7. The molecular weight excluding hydrogens is 270 g/mol. The van der Waals surface area contributed by atoms with E-state index >= 15 is 0 Å². The summed E-state index contributed by atoms with van der Waals surface area (Å²) in [7, 11) is 0. The van der Waals surface area contributed by atoms with Crippen LogP contribution in [0.15, 0.2) is 48.6 Å². The lowest BCUT2D eigenvalue weighted by Gasteiger charge is -2.13. The maximum atomic E-state index is 12.1. The quantitative estimate of drug-likeness (QED) is 0.479. The van der Waals surface area contributed by atoms with E-state index in [1.807, 2.05) is 6.08 Å². The van der Waals surface area contributed by atoms with Gasteiger partial charge >= 0.3 is 5.97 Å². The van der Waals surface area contributed by atoms with Crippen molar-refractivity contribution < 1.29 is 14.5 Å². The Hall–Kier alpha value is -2.43. The number of rotatable bonds is 4. The molecule has 5 nitrogen and oxygen atoms in total. The maximum absolute atomic E-state index is 12.1. The van der Waals surface area contributed by atoms with Crippen molar-refractivity contribution in [2.24, 2.45) is 0 Å². The summed E-state index contributed by atoms with van der Waals surface area (Å²) in [6, 6.07) is 5.42. The SMILES string of the molecule is C=CC1=C[C@@H](OC(=O)c2ccc([N+](=O)[O-])cc2)CCCC1. The Balaban J connectivity index is 2.06. The number of non-ortho nitro benzene ring substituents is 1. The molecule has 21 heavy (non-hydrogen) atoms. The molecule has 0 bridgehead atoms. The number of carbonyl (C=O) groups is 1. The first kappa shape index (κ1) is 15.0. The number of carbonyl (C=O) groups excluding carboxylic acids is 1. The Bertz CT molecular complexity index is 574. The molecule has 5 heteroatoms. The Morgan fingerprint density at radius 3 is 2.67 bits per heavy atom. The smallest absolute Gasteiger partial charge is 0.338 e. The van der Waals surface area contributed by atoms with Crippen molar-refractivity contribution >= 4 is 11.7 Å². The molecule has 1 aromatic carbocycles. The van der Waals surface area contributed by atoms with E-state index in [0.29, 0.717) is 5.56 Å². The van der Waals surface area contributed by atoms with Crippen LogP contribution in [0, 0.1) is 10.1 Å². The van der Waals surface area contributed by atoms with Gasteiger partial charge in [-0.1, -0.05) is 12.7 Å². The van der Waals surface area contributed by atoms with Crippen LogP contribution in [-0.4, -0.2) is 17.0 Å². The van der Waals surface area contributed by atoms with Crippen LogP contribution in [0.1, 0.15) is 36.0 Å². The van der Waals surface area contributed by atoms with Gasteiger partial charge in [0, 0.05) is 12.1 Å². The summed E-state index contributed by atoms with van der Waals surface area (Å²) in [5.74, 6) is -0.462. The number of hydrogen-bond acceptors (Lipinski definition) is 4. The van der Waals surface area contributed by atoms with Crippen molar-refractivity contribution in [2.45, 2.75) is 31.8 Å². The van der Waals surface area contributed by atoms with Gasteiger partial charge in [-0.25, -0.2) is 4.79 Å². The van der Waals surface area contributed by atoms with Crippen LogP contribution in [-0.2, 0) is 4.74 Å². The average molecular weight is 287 g/mol. The van der Waals surface area contributed by atoms with Crippen LogP contribution < -0.4 is 0 Å². The second kappa shape index (κ2) is 6.83. The maximum Gasteiger partial charge on any atom is 0.338 e. The van der Waals surface area contributed by atoms with Gasteiger partial charge in [-0.15, -0.1) is 0 Å². The molecule has 0 radical (unpaired) electrons. The Morgan fingerprint density at radius 1 is 1.33 bits per heavy atom. The third-order valence-corrected chi connectivity index (χ3v) is 3.44. The highest BCUT2D eigenvalue weighted by molar-refractivity contribution is 5.89. The molecule has 0 fully saturated rings. The molecule has 0 amide bonds. The molecule has 0 unspecified atom stereocenters. The molecule has 0 aliphatic heterocycles. The molecule has 0 heterocycles. The second-order valence-corrected chi connectivity index (χ2v) is 4.94.